The summed E-state index contributed by atoms with van der Waals surface area (Å²) in [5, 5.41) is 4.71. The Morgan fingerprint density at radius 3 is 1.81 bits per heavy atom. The first-order valence-electron chi connectivity index (χ1n) is 12.2. The number of hydrogen-bond donors (Lipinski definition) is 0. The van der Waals surface area contributed by atoms with Crippen LogP contribution in [0.15, 0.2) is 144 Å². The predicted octanol–water partition coefficient (Wildman–Crippen LogP) is 9.88. The Labute approximate surface area is 209 Å². The van der Waals surface area contributed by atoms with E-state index in [9.17, 15) is 0 Å². The molecule has 0 spiro atoms. The van der Waals surface area contributed by atoms with Crippen molar-refractivity contribution < 1.29 is 4.42 Å². The van der Waals surface area contributed by atoms with Gasteiger partial charge in [-0.2, -0.15) is 0 Å². The highest BCUT2D eigenvalue weighted by Gasteiger charge is 2.20. The van der Waals surface area contributed by atoms with Crippen molar-refractivity contribution in [2.45, 2.75) is 0 Å². The third kappa shape index (κ3) is 3.27. The highest BCUT2D eigenvalue weighted by atomic mass is 16.3. The third-order valence-electron chi connectivity index (χ3n) is 6.84. The summed E-state index contributed by atoms with van der Waals surface area (Å²) in [5.41, 5.74) is 7.40. The molecule has 0 aliphatic heterocycles. The molecule has 0 radical (unpaired) electrons. The van der Waals surface area contributed by atoms with Crippen molar-refractivity contribution >= 4 is 49.8 Å². The molecule has 0 saturated carbocycles. The van der Waals surface area contributed by atoms with Crippen LogP contribution in [0.3, 0.4) is 0 Å². The van der Waals surface area contributed by atoms with Gasteiger partial charge >= 0.3 is 0 Å². The second-order valence-corrected chi connectivity index (χ2v) is 8.97. The molecular formula is C34H23NO. The average molecular weight is 462 g/mol. The van der Waals surface area contributed by atoms with Crippen LogP contribution in [0.4, 0.5) is 17.1 Å². The van der Waals surface area contributed by atoms with Gasteiger partial charge in [0.2, 0.25) is 0 Å². The molecule has 170 valence electrons. The Kier molecular flexibility index (Phi) is 4.82. The van der Waals surface area contributed by atoms with E-state index in [2.05, 4.69) is 132 Å². The first kappa shape index (κ1) is 20.5. The summed E-state index contributed by atoms with van der Waals surface area (Å²) >= 11 is 0. The number of hydrogen-bond acceptors (Lipinski definition) is 2. The van der Waals surface area contributed by atoms with Crippen molar-refractivity contribution in [1.29, 1.82) is 0 Å². The number of rotatable bonds is 4. The Morgan fingerprint density at radius 1 is 0.472 bits per heavy atom. The normalized spacial score (nSPS) is 11.3. The molecule has 6 aromatic carbocycles. The molecular weight excluding hydrogens is 438 g/mol. The molecule has 0 aliphatic carbocycles. The van der Waals surface area contributed by atoms with Gasteiger partial charge in [-0.05, 0) is 52.9 Å². The molecule has 1 heterocycles. The Morgan fingerprint density at radius 2 is 1.11 bits per heavy atom. The van der Waals surface area contributed by atoms with E-state index in [0.717, 1.165) is 39.0 Å². The fraction of sp³-hybridized carbons (Fsp3) is 0. The third-order valence-corrected chi connectivity index (χ3v) is 6.84. The van der Waals surface area contributed by atoms with Crippen LogP contribution < -0.4 is 4.90 Å². The van der Waals surface area contributed by atoms with Gasteiger partial charge in [-0.15, -0.1) is 0 Å². The first-order valence-corrected chi connectivity index (χ1v) is 12.2. The van der Waals surface area contributed by atoms with E-state index < -0.39 is 0 Å². The van der Waals surface area contributed by atoms with Crippen LogP contribution in [-0.2, 0) is 0 Å². The van der Waals surface area contributed by atoms with Gasteiger partial charge in [-0.1, -0.05) is 103 Å². The van der Waals surface area contributed by atoms with E-state index in [1.807, 2.05) is 12.1 Å². The maximum Gasteiger partial charge on any atom is 0.159 e. The first-order chi connectivity index (χ1) is 17.9. The lowest BCUT2D eigenvalue weighted by molar-refractivity contribution is 0.669. The Balaban J connectivity index is 1.56. The number of furan rings is 1. The topological polar surface area (TPSA) is 16.4 Å². The summed E-state index contributed by atoms with van der Waals surface area (Å²) < 4.78 is 6.66. The van der Waals surface area contributed by atoms with Gasteiger partial charge in [0.15, 0.2) is 5.58 Å². The lowest BCUT2D eigenvalue weighted by Gasteiger charge is -2.25. The molecule has 0 atom stereocenters. The molecule has 1 aromatic heterocycles. The SMILES string of the molecule is c1ccc(-c2cccc3ccc4oc5c(N(c6ccccc6)c6ccccc6)cccc5c4c23)cc1. The predicted molar refractivity (Wildman–Crippen MR) is 151 cm³/mol. The molecule has 0 N–H and O–H groups in total. The second kappa shape index (κ2) is 8.44. The van der Waals surface area contributed by atoms with Gasteiger partial charge in [0.25, 0.3) is 0 Å². The van der Waals surface area contributed by atoms with Gasteiger partial charge in [-0.3, -0.25) is 0 Å². The Bertz CT molecular complexity index is 1780. The van der Waals surface area contributed by atoms with E-state index in [0.29, 0.717) is 0 Å². The number of fused-ring (bicyclic) bond motifs is 5. The van der Waals surface area contributed by atoms with Crippen molar-refractivity contribution in [3.8, 4) is 11.1 Å². The maximum absolute atomic E-state index is 6.66. The lowest BCUT2D eigenvalue weighted by Crippen LogP contribution is -2.09. The van der Waals surface area contributed by atoms with Crippen LogP contribution in [0.5, 0.6) is 0 Å². The molecule has 2 heteroatoms. The smallest absolute Gasteiger partial charge is 0.159 e. The minimum Gasteiger partial charge on any atom is -0.454 e. The summed E-state index contributed by atoms with van der Waals surface area (Å²) in [6, 6.07) is 48.8. The van der Waals surface area contributed by atoms with Crippen molar-refractivity contribution in [2.75, 3.05) is 4.90 Å². The fourth-order valence-corrected chi connectivity index (χ4v) is 5.27. The Hall–Kier alpha value is -4.82. The molecule has 36 heavy (non-hydrogen) atoms. The minimum atomic E-state index is 0.885. The van der Waals surface area contributed by atoms with E-state index >= 15 is 0 Å². The van der Waals surface area contributed by atoms with Crippen molar-refractivity contribution in [3.05, 3.63) is 140 Å². The monoisotopic (exact) mass is 461 g/mol. The van der Waals surface area contributed by atoms with Crippen LogP contribution >= 0.6 is 0 Å². The minimum absolute atomic E-state index is 0.885. The van der Waals surface area contributed by atoms with Crippen molar-refractivity contribution in [3.63, 3.8) is 0 Å². The van der Waals surface area contributed by atoms with Crippen molar-refractivity contribution in [1.82, 2.24) is 0 Å². The van der Waals surface area contributed by atoms with Gasteiger partial charge in [0.05, 0.1) is 5.69 Å². The largest absolute Gasteiger partial charge is 0.454 e. The maximum atomic E-state index is 6.66. The summed E-state index contributed by atoms with van der Waals surface area (Å²) in [6.07, 6.45) is 0. The standard InChI is InChI=1S/C34H23NO/c1-4-12-24(13-5-1)28-19-10-14-25-22-23-31-33(32(25)28)29-20-11-21-30(34(29)36-31)35(26-15-6-2-7-16-26)27-17-8-3-9-18-27/h1-23H. The number of benzene rings is 6. The summed E-state index contributed by atoms with van der Waals surface area (Å²) in [7, 11) is 0. The number of anilines is 3. The molecule has 0 unspecified atom stereocenters. The molecule has 7 rings (SSSR count). The van der Waals surface area contributed by atoms with E-state index in [4.69, 9.17) is 4.42 Å². The van der Waals surface area contributed by atoms with Gasteiger partial charge in [0, 0.05) is 27.5 Å². The average Bonchev–Trinajstić information content (AvgIpc) is 3.34. The van der Waals surface area contributed by atoms with E-state index in [1.54, 1.807) is 0 Å². The fourth-order valence-electron chi connectivity index (χ4n) is 5.27. The highest BCUT2D eigenvalue weighted by Crippen LogP contribution is 2.45. The summed E-state index contributed by atoms with van der Waals surface area (Å²) in [6.45, 7) is 0. The molecule has 0 aliphatic rings. The zero-order valence-corrected chi connectivity index (χ0v) is 19.6. The zero-order valence-electron chi connectivity index (χ0n) is 19.6. The molecule has 7 aromatic rings. The molecule has 0 fully saturated rings. The number of nitrogens with zero attached hydrogens (tertiary/aromatic N) is 1. The van der Waals surface area contributed by atoms with E-state index in [1.165, 1.54) is 21.9 Å². The quantitative estimate of drug-likeness (QED) is 0.259. The molecule has 0 bridgehead atoms. The summed E-state index contributed by atoms with van der Waals surface area (Å²) in [4.78, 5) is 2.27. The van der Waals surface area contributed by atoms with E-state index in [-0.39, 0.29) is 0 Å². The van der Waals surface area contributed by atoms with Gasteiger partial charge in [-0.25, -0.2) is 0 Å². The molecule has 0 saturated heterocycles. The molecule has 2 nitrogen and oxygen atoms in total. The van der Waals surface area contributed by atoms with Crippen LogP contribution in [0.1, 0.15) is 0 Å². The molecule has 0 amide bonds. The van der Waals surface area contributed by atoms with Crippen LogP contribution in [0.2, 0.25) is 0 Å². The highest BCUT2D eigenvalue weighted by molar-refractivity contribution is 6.24. The van der Waals surface area contributed by atoms with Gasteiger partial charge < -0.3 is 9.32 Å². The lowest BCUT2D eigenvalue weighted by atomic mass is 9.94. The summed E-state index contributed by atoms with van der Waals surface area (Å²) in [5.74, 6) is 0. The van der Waals surface area contributed by atoms with Crippen LogP contribution in [0.25, 0.3) is 43.8 Å². The van der Waals surface area contributed by atoms with Crippen LogP contribution in [-0.4, -0.2) is 0 Å². The van der Waals surface area contributed by atoms with Crippen molar-refractivity contribution in [2.24, 2.45) is 0 Å². The van der Waals surface area contributed by atoms with Gasteiger partial charge in [0.1, 0.15) is 5.58 Å². The zero-order chi connectivity index (χ0) is 23.9. The van der Waals surface area contributed by atoms with Crippen LogP contribution in [0, 0.1) is 0 Å². The number of para-hydroxylation sites is 3. The second-order valence-electron chi connectivity index (χ2n) is 8.97.